The monoisotopic (exact) mass is 465 g/mol. The molecule has 32 heavy (non-hydrogen) atoms. The summed E-state index contributed by atoms with van der Waals surface area (Å²) in [4.78, 5) is 41.5. The van der Waals surface area contributed by atoms with E-state index in [1.807, 2.05) is 20.8 Å². The van der Waals surface area contributed by atoms with Crippen LogP contribution in [-0.4, -0.2) is 48.3 Å². The van der Waals surface area contributed by atoms with Gasteiger partial charge in [0, 0.05) is 20.1 Å². The first-order chi connectivity index (χ1) is 15.0. The molecule has 0 atom stereocenters. The van der Waals surface area contributed by atoms with Crippen LogP contribution in [-0.2, 0) is 21.4 Å². The number of sulfonamides is 1. The van der Waals surface area contributed by atoms with Crippen LogP contribution in [0.3, 0.4) is 0 Å². The number of aromatic amines is 1. The number of nitrogens with two attached hydrogens (primary N) is 1. The van der Waals surface area contributed by atoms with Crippen molar-refractivity contribution in [2.24, 2.45) is 5.92 Å². The molecular formula is C21H31N5O5S. The fourth-order valence-corrected chi connectivity index (χ4v) is 4.33. The van der Waals surface area contributed by atoms with E-state index in [0.717, 1.165) is 15.6 Å². The highest BCUT2D eigenvalue weighted by atomic mass is 32.2. The van der Waals surface area contributed by atoms with Gasteiger partial charge in [-0.25, -0.2) is 13.2 Å². The maximum absolute atomic E-state index is 13.2. The summed E-state index contributed by atoms with van der Waals surface area (Å²) < 4.78 is 27.8. The predicted molar refractivity (Wildman–Crippen MR) is 124 cm³/mol. The smallest absolute Gasteiger partial charge is 0.330 e. The first-order valence-corrected chi connectivity index (χ1v) is 11.9. The van der Waals surface area contributed by atoms with Gasteiger partial charge in [-0.05, 0) is 24.5 Å². The van der Waals surface area contributed by atoms with Crippen LogP contribution in [0, 0.1) is 5.92 Å². The molecule has 10 nitrogen and oxygen atoms in total. The number of aromatic nitrogens is 2. The van der Waals surface area contributed by atoms with Crippen molar-refractivity contribution >= 4 is 27.4 Å². The number of likely N-dealkylation sites (N-methyl/N-ethyl adjacent to an activating group) is 1. The van der Waals surface area contributed by atoms with Crippen molar-refractivity contribution in [2.75, 3.05) is 30.8 Å². The Morgan fingerprint density at radius 3 is 2.38 bits per heavy atom. The van der Waals surface area contributed by atoms with Gasteiger partial charge in [0.1, 0.15) is 5.82 Å². The van der Waals surface area contributed by atoms with Crippen molar-refractivity contribution in [3.63, 3.8) is 0 Å². The number of amides is 1. The van der Waals surface area contributed by atoms with E-state index in [0.29, 0.717) is 6.42 Å². The number of anilines is 2. The number of H-pyrrole nitrogens is 1. The van der Waals surface area contributed by atoms with Crippen LogP contribution >= 0.6 is 0 Å². The van der Waals surface area contributed by atoms with Crippen LogP contribution in [0.15, 0.2) is 44.8 Å². The number of carbonyl (C=O) groups is 1. The Morgan fingerprint density at radius 1 is 1.19 bits per heavy atom. The number of nitrogens with one attached hydrogen (secondary N) is 1. The van der Waals surface area contributed by atoms with Gasteiger partial charge in [-0.1, -0.05) is 45.4 Å². The van der Waals surface area contributed by atoms with Crippen molar-refractivity contribution in [3.8, 4) is 0 Å². The number of nitrogen functional groups attached to an aromatic ring is 1. The third kappa shape index (κ3) is 5.65. The molecule has 0 bridgehead atoms. The van der Waals surface area contributed by atoms with Gasteiger partial charge in [-0.2, -0.15) is 4.31 Å². The predicted octanol–water partition coefficient (Wildman–Crippen LogP) is 1.23. The molecule has 0 unspecified atom stereocenters. The highest BCUT2D eigenvalue weighted by Crippen LogP contribution is 2.20. The molecule has 0 aliphatic heterocycles. The topological polar surface area (TPSA) is 139 Å². The van der Waals surface area contributed by atoms with E-state index in [-0.39, 0.29) is 35.4 Å². The molecule has 3 N–H and O–H groups in total. The van der Waals surface area contributed by atoms with Gasteiger partial charge in [-0.15, -0.1) is 0 Å². The molecule has 0 saturated heterocycles. The van der Waals surface area contributed by atoms with Gasteiger partial charge in [0.25, 0.3) is 5.56 Å². The number of carbonyl (C=O) groups excluding carboxylic acids is 1. The van der Waals surface area contributed by atoms with Crippen LogP contribution in [0.5, 0.6) is 0 Å². The molecule has 0 saturated carbocycles. The zero-order valence-electron chi connectivity index (χ0n) is 18.9. The van der Waals surface area contributed by atoms with Crippen molar-refractivity contribution in [1.82, 2.24) is 13.9 Å². The van der Waals surface area contributed by atoms with Crippen LogP contribution in [0.1, 0.15) is 33.6 Å². The van der Waals surface area contributed by atoms with E-state index >= 15 is 0 Å². The molecule has 176 valence electrons. The van der Waals surface area contributed by atoms with Crippen molar-refractivity contribution in [3.05, 3.63) is 51.2 Å². The number of hydrogen-bond acceptors (Lipinski definition) is 6. The Kier molecular flexibility index (Phi) is 8.39. The zero-order chi connectivity index (χ0) is 24.1. The normalized spacial score (nSPS) is 11.8. The SMILES string of the molecule is CCCCn1c(N)c(N(CC(C)C)C(=O)CN(C)S(=O)(=O)c2ccccc2)c(=O)[nH]c1=O. The van der Waals surface area contributed by atoms with Gasteiger partial charge in [0.05, 0.1) is 11.4 Å². The molecule has 11 heteroatoms. The molecule has 0 aliphatic rings. The Bertz CT molecular complexity index is 1160. The maximum atomic E-state index is 13.2. The number of unbranched alkanes of at least 4 members (excludes halogenated alkanes) is 1. The molecule has 2 aromatic rings. The molecular weight excluding hydrogens is 434 g/mol. The van der Waals surface area contributed by atoms with Crippen LogP contribution in [0.25, 0.3) is 0 Å². The third-order valence-corrected chi connectivity index (χ3v) is 6.69. The van der Waals surface area contributed by atoms with Crippen LogP contribution in [0.4, 0.5) is 11.5 Å². The summed E-state index contributed by atoms with van der Waals surface area (Å²) in [6.07, 6.45) is 1.46. The van der Waals surface area contributed by atoms with E-state index in [1.54, 1.807) is 18.2 Å². The minimum atomic E-state index is -3.91. The van der Waals surface area contributed by atoms with Crippen LogP contribution < -0.4 is 21.9 Å². The fourth-order valence-electron chi connectivity index (χ4n) is 3.19. The molecule has 1 aromatic heterocycles. The summed E-state index contributed by atoms with van der Waals surface area (Å²) in [7, 11) is -2.62. The Hall–Kier alpha value is -2.92. The molecule has 0 fully saturated rings. The quantitative estimate of drug-likeness (QED) is 0.541. The number of nitrogens with zero attached hydrogens (tertiary/aromatic N) is 3. The van der Waals surface area contributed by atoms with E-state index in [1.165, 1.54) is 23.7 Å². The lowest BCUT2D eigenvalue weighted by atomic mass is 10.2. The molecule has 1 aromatic carbocycles. The second-order valence-electron chi connectivity index (χ2n) is 7.97. The summed E-state index contributed by atoms with van der Waals surface area (Å²) in [5, 5.41) is 0. The average Bonchev–Trinajstić information content (AvgIpc) is 2.72. The van der Waals surface area contributed by atoms with Gasteiger partial charge >= 0.3 is 5.69 Å². The molecule has 1 heterocycles. The standard InChI is InChI=1S/C21H31N5O5S/c1-5-6-12-25-19(22)18(20(28)23-21(25)29)26(13-15(2)3)17(27)14-24(4)32(30,31)16-10-8-7-9-11-16/h7-11,15H,5-6,12-14,22H2,1-4H3,(H,23,28,29). The number of rotatable bonds is 10. The average molecular weight is 466 g/mol. The maximum Gasteiger partial charge on any atom is 0.330 e. The minimum absolute atomic E-state index is 0.0511. The first-order valence-electron chi connectivity index (χ1n) is 10.4. The van der Waals surface area contributed by atoms with Gasteiger partial charge in [0.2, 0.25) is 15.9 Å². The summed E-state index contributed by atoms with van der Waals surface area (Å²) in [5.41, 5.74) is 4.58. The number of benzene rings is 1. The second-order valence-corrected chi connectivity index (χ2v) is 10.0. The van der Waals surface area contributed by atoms with Gasteiger partial charge < -0.3 is 10.6 Å². The van der Waals surface area contributed by atoms with E-state index in [9.17, 15) is 22.8 Å². The molecule has 1 amide bonds. The molecule has 0 radical (unpaired) electrons. The van der Waals surface area contributed by atoms with Crippen molar-refractivity contribution in [1.29, 1.82) is 0 Å². The molecule has 0 spiro atoms. The van der Waals surface area contributed by atoms with Gasteiger partial charge in [0.15, 0.2) is 5.69 Å². The van der Waals surface area contributed by atoms with Crippen LogP contribution in [0.2, 0.25) is 0 Å². The highest BCUT2D eigenvalue weighted by Gasteiger charge is 2.29. The summed E-state index contributed by atoms with van der Waals surface area (Å²) in [5.74, 6) is -0.793. The van der Waals surface area contributed by atoms with Crippen molar-refractivity contribution < 1.29 is 13.2 Å². The van der Waals surface area contributed by atoms with Gasteiger partial charge in [-0.3, -0.25) is 19.1 Å². The minimum Gasteiger partial charge on any atom is -0.383 e. The lowest BCUT2D eigenvalue weighted by Crippen LogP contribution is -2.46. The Balaban J connectivity index is 2.45. The highest BCUT2D eigenvalue weighted by molar-refractivity contribution is 7.89. The van der Waals surface area contributed by atoms with E-state index < -0.39 is 33.7 Å². The first kappa shape index (κ1) is 25.3. The third-order valence-electron chi connectivity index (χ3n) is 4.88. The molecule has 2 rings (SSSR count). The summed E-state index contributed by atoms with van der Waals surface area (Å²) in [6.45, 7) is 5.56. The Labute approximate surface area is 187 Å². The fraction of sp³-hybridized carbons (Fsp3) is 0.476. The number of hydrogen-bond donors (Lipinski definition) is 2. The van der Waals surface area contributed by atoms with Crippen molar-refractivity contribution in [2.45, 2.75) is 45.1 Å². The lowest BCUT2D eigenvalue weighted by Gasteiger charge is -2.28. The second kappa shape index (κ2) is 10.6. The van der Waals surface area contributed by atoms with E-state index in [2.05, 4.69) is 4.98 Å². The summed E-state index contributed by atoms with van der Waals surface area (Å²) >= 11 is 0. The zero-order valence-corrected chi connectivity index (χ0v) is 19.7. The summed E-state index contributed by atoms with van der Waals surface area (Å²) in [6, 6.07) is 7.75. The lowest BCUT2D eigenvalue weighted by molar-refractivity contribution is -0.118. The Morgan fingerprint density at radius 2 is 1.81 bits per heavy atom. The molecule has 0 aliphatic carbocycles. The largest absolute Gasteiger partial charge is 0.383 e. The van der Waals surface area contributed by atoms with E-state index in [4.69, 9.17) is 5.73 Å².